The lowest BCUT2D eigenvalue weighted by atomic mass is 10.0. The molecule has 1 atom stereocenters. The summed E-state index contributed by atoms with van der Waals surface area (Å²) in [5, 5.41) is 3.23. The molecule has 0 fully saturated rings. The van der Waals surface area contributed by atoms with Crippen LogP contribution in [0.5, 0.6) is 0 Å². The molecule has 1 aromatic carbocycles. The molecular formula is C21H27N3O4. The molecule has 0 spiro atoms. The summed E-state index contributed by atoms with van der Waals surface area (Å²) in [4.78, 5) is 42.1. The molecule has 3 rings (SSSR count). The predicted octanol–water partition coefficient (Wildman–Crippen LogP) is 2.44. The van der Waals surface area contributed by atoms with Crippen molar-refractivity contribution in [1.29, 1.82) is 0 Å². The van der Waals surface area contributed by atoms with Crippen molar-refractivity contribution in [3.8, 4) is 0 Å². The van der Waals surface area contributed by atoms with Gasteiger partial charge in [0.05, 0.1) is 18.0 Å². The van der Waals surface area contributed by atoms with Crippen LogP contribution in [-0.2, 0) is 22.5 Å². The zero-order valence-electron chi connectivity index (χ0n) is 16.7. The fourth-order valence-corrected chi connectivity index (χ4v) is 3.59. The standard InChI is InChI=1S/C21H27N3O4/c1-13(2)18(21(27)28-3)23-19(25)14-9-10-15-16(12-14)22-17-8-6-4-5-7-11-24(17)20(15)26/h9-10,12-13,18H,4-8,11H2,1-3H3,(H,23,25)/t18-/m0/s1. The van der Waals surface area contributed by atoms with Crippen molar-refractivity contribution in [1.82, 2.24) is 14.9 Å². The summed E-state index contributed by atoms with van der Waals surface area (Å²) >= 11 is 0. The number of hydrogen-bond acceptors (Lipinski definition) is 5. The zero-order chi connectivity index (χ0) is 20.3. The lowest BCUT2D eigenvalue weighted by Gasteiger charge is -2.20. The van der Waals surface area contributed by atoms with Crippen LogP contribution >= 0.6 is 0 Å². The Bertz CT molecular complexity index is 949. The van der Waals surface area contributed by atoms with E-state index in [1.54, 1.807) is 22.8 Å². The second kappa shape index (κ2) is 8.54. The molecule has 1 aromatic heterocycles. The minimum absolute atomic E-state index is 0.0523. The second-order valence-electron chi connectivity index (χ2n) is 7.60. The van der Waals surface area contributed by atoms with E-state index in [1.165, 1.54) is 7.11 Å². The van der Waals surface area contributed by atoms with Gasteiger partial charge in [-0.15, -0.1) is 0 Å². The van der Waals surface area contributed by atoms with E-state index in [0.29, 0.717) is 23.0 Å². The number of ether oxygens (including phenoxy) is 1. The third-order valence-electron chi connectivity index (χ3n) is 5.24. The Hall–Kier alpha value is -2.70. The lowest BCUT2D eigenvalue weighted by molar-refractivity contribution is -0.144. The third kappa shape index (κ3) is 4.08. The molecule has 2 aromatic rings. The topological polar surface area (TPSA) is 90.3 Å². The van der Waals surface area contributed by atoms with Crippen molar-refractivity contribution < 1.29 is 14.3 Å². The molecule has 2 heterocycles. The van der Waals surface area contributed by atoms with Gasteiger partial charge in [0.25, 0.3) is 11.5 Å². The van der Waals surface area contributed by atoms with Gasteiger partial charge >= 0.3 is 5.97 Å². The smallest absolute Gasteiger partial charge is 0.328 e. The van der Waals surface area contributed by atoms with Gasteiger partial charge in [-0.2, -0.15) is 0 Å². The number of esters is 1. The van der Waals surface area contributed by atoms with E-state index >= 15 is 0 Å². The summed E-state index contributed by atoms with van der Waals surface area (Å²) in [7, 11) is 1.30. The number of fused-ring (bicyclic) bond motifs is 2. The molecule has 7 heteroatoms. The van der Waals surface area contributed by atoms with E-state index in [9.17, 15) is 14.4 Å². The van der Waals surface area contributed by atoms with Crippen LogP contribution < -0.4 is 10.9 Å². The largest absolute Gasteiger partial charge is 0.467 e. The number of rotatable bonds is 4. The van der Waals surface area contributed by atoms with Gasteiger partial charge in [-0.25, -0.2) is 9.78 Å². The molecule has 150 valence electrons. The van der Waals surface area contributed by atoms with Crippen molar-refractivity contribution in [3.63, 3.8) is 0 Å². The van der Waals surface area contributed by atoms with Crippen molar-refractivity contribution in [2.75, 3.05) is 7.11 Å². The van der Waals surface area contributed by atoms with Gasteiger partial charge in [-0.3, -0.25) is 14.2 Å². The number of carbonyl (C=O) groups is 2. The van der Waals surface area contributed by atoms with Crippen LogP contribution in [-0.4, -0.2) is 34.6 Å². The van der Waals surface area contributed by atoms with Gasteiger partial charge in [0.15, 0.2) is 0 Å². The lowest BCUT2D eigenvalue weighted by Crippen LogP contribution is -2.45. The SMILES string of the molecule is COC(=O)[C@@H](NC(=O)c1ccc2c(=O)n3c(nc2c1)CCCCCC3)C(C)C. The number of hydrogen-bond donors (Lipinski definition) is 1. The normalized spacial score (nSPS) is 15.4. The quantitative estimate of drug-likeness (QED) is 0.817. The molecule has 1 N–H and O–H groups in total. The number of carbonyl (C=O) groups excluding carboxylic acids is 2. The summed E-state index contributed by atoms with van der Waals surface area (Å²) in [5.74, 6) is -0.203. The minimum atomic E-state index is -0.734. The first kappa shape index (κ1) is 20.0. The highest BCUT2D eigenvalue weighted by Crippen LogP contribution is 2.17. The molecule has 0 saturated heterocycles. The molecule has 0 saturated carbocycles. The molecule has 0 unspecified atom stereocenters. The Morgan fingerprint density at radius 2 is 1.93 bits per heavy atom. The van der Waals surface area contributed by atoms with Gasteiger partial charge in [-0.05, 0) is 37.0 Å². The van der Waals surface area contributed by atoms with Crippen LogP contribution in [0.25, 0.3) is 10.9 Å². The first-order chi connectivity index (χ1) is 13.4. The maximum atomic E-state index is 12.9. The van der Waals surface area contributed by atoms with E-state index in [-0.39, 0.29) is 17.4 Å². The van der Waals surface area contributed by atoms with Crippen LogP contribution in [0.1, 0.15) is 55.7 Å². The van der Waals surface area contributed by atoms with E-state index in [1.807, 2.05) is 13.8 Å². The molecule has 1 aliphatic heterocycles. The van der Waals surface area contributed by atoms with Crippen LogP contribution in [0.4, 0.5) is 0 Å². The highest BCUT2D eigenvalue weighted by Gasteiger charge is 2.25. The summed E-state index contributed by atoms with van der Waals surface area (Å²) in [5.41, 5.74) is 0.830. The number of methoxy groups -OCH3 is 1. The maximum absolute atomic E-state index is 12.9. The number of aryl methyl sites for hydroxylation is 1. The summed E-state index contributed by atoms with van der Waals surface area (Å²) < 4.78 is 6.54. The van der Waals surface area contributed by atoms with Crippen molar-refractivity contribution in [2.45, 2.75) is 58.5 Å². The highest BCUT2D eigenvalue weighted by molar-refractivity contribution is 5.99. The van der Waals surface area contributed by atoms with Gasteiger partial charge in [0.2, 0.25) is 0 Å². The van der Waals surface area contributed by atoms with E-state index in [0.717, 1.165) is 37.9 Å². The second-order valence-corrected chi connectivity index (χ2v) is 7.60. The average molecular weight is 385 g/mol. The average Bonchev–Trinajstić information content (AvgIpc) is 2.66. The molecule has 0 radical (unpaired) electrons. The van der Waals surface area contributed by atoms with Crippen LogP contribution in [0.3, 0.4) is 0 Å². The number of aromatic nitrogens is 2. The summed E-state index contributed by atoms with van der Waals surface area (Å²) in [6, 6.07) is 4.14. The Kier molecular flexibility index (Phi) is 6.11. The number of nitrogens with zero attached hydrogens (tertiary/aromatic N) is 2. The number of nitrogens with one attached hydrogen (secondary N) is 1. The molecule has 7 nitrogen and oxygen atoms in total. The van der Waals surface area contributed by atoms with E-state index in [2.05, 4.69) is 10.3 Å². The molecule has 28 heavy (non-hydrogen) atoms. The Morgan fingerprint density at radius 1 is 1.18 bits per heavy atom. The van der Waals surface area contributed by atoms with E-state index in [4.69, 9.17) is 4.74 Å². The molecule has 1 aliphatic rings. The van der Waals surface area contributed by atoms with Gasteiger partial charge in [-0.1, -0.05) is 26.7 Å². The first-order valence-electron chi connectivity index (χ1n) is 9.84. The first-order valence-corrected chi connectivity index (χ1v) is 9.84. The van der Waals surface area contributed by atoms with Crippen molar-refractivity contribution in [3.05, 3.63) is 39.9 Å². The number of amides is 1. The summed E-state index contributed by atoms with van der Waals surface area (Å²) in [6.07, 6.45) is 5.01. The van der Waals surface area contributed by atoms with Crippen LogP contribution in [0.15, 0.2) is 23.0 Å². The van der Waals surface area contributed by atoms with Crippen LogP contribution in [0.2, 0.25) is 0 Å². The third-order valence-corrected chi connectivity index (χ3v) is 5.24. The Balaban J connectivity index is 1.95. The molecule has 0 bridgehead atoms. The molecule has 0 aliphatic carbocycles. The van der Waals surface area contributed by atoms with Gasteiger partial charge < -0.3 is 10.1 Å². The Morgan fingerprint density at radius 3 is 2.64 bits per heavy atom. The molecular weight excluding hydrogens is 358 g/mol. The van der Waals surface area contributed by atoms with Crippen LogP contribution in [0, 0.1) is 5.92 Å². The monoisotopic (exact) mass is 385 g/mol. The van der Waals surface area contributed by atoms with E-state index < -0.39 is 12.0 Å². The fourth-order valence-electron chi connectivity index (χ4n) is 3.59. The number of benzene rings is 1. The summed E-state index contributed by atoms with van der Waals surface area (Å²) in [6.45, 7) is 4.36. The maximum Gasteiger partial charge on any atom is 0.328 e. The van der Waals surface area contributed by atoms with Gasteiger partial charge in [0.1, 0.15) is 11.9 Å². The van der Waals surface area contributed by atoms with Crippen molar-refractivity contribution in [2.24, 2.45) is 5.92 Å². The fraction of sp³-hybridized carbons (Fsp3) is 0.524. The molecule has 1 amide bonds. The highest BCUT2D eigenvalue weighted by atomic mass is 16.5. The predicted molar refractivity (Wildman–Crippen MR) is 106 cm³/mol. The zero-order valence-corrected chi connectivity index (χ0v) is 16.7. The Labute approximate surface area is 164 Å². The van der Waals surface area contributed by atoms with Crippen molar-refractivity contribution >= 4 is 22.8 Å². The minimum Gasteiger partial charge on any atom is -0.467 e. The van der Waals surface area contributed by atoms with Gasteiger partial charge in [0, 0.05) is 18.5 Å².